The van der Waals surface area contributed by atoms with Crippen LogP contribution in [0.4, 0.5) is 5.13 Å². The van der Waals surface area contributed by atoms with Crippen LogP contribution in [0.25, 0.3) is 32.1 Å². The van der Waals surface area contributed by atoms with Crippen molar-refractivity contribution < 1.29 is 4.79 Å². The number of hydrogen-bond acceptors (Lipinski definition) is 5. The number of carbonyl (C=O) groups excluding carboxylic acids is 1. The molecule has 2 aromatic heterocycles. The maximum Gasteiger partial charge on any atom is 0.269 e. The van der Waals surface area contributed by atoms with Crippen molar-refractivity contribution in [1.29, 1.82) is 0 Å². The predicted molar refractivity (Wildman–Crippen MR) is 141 cm³/mol. The van der Waals surface area contributed by atoms with Crippen molar-refractivity contribution in [2.24, 2.45) is 0 Å². The molecule has 5 rings (SSSR count). The van der Waals surface area contributed by atoms with Crippen LogP contribution in [-0.4, -0.2) is 16.0 Å². The van der Waals surface area contributed by atoms with Crippen molar-refractivity contribution in [3.05, 3.63) is 81.0 Å². The normalized spacial score (nSPS) is 11.1. The Morgan fingerprint density at radius 3 is 2.66 bits per heavy atom. The van der Waals surface area contributed by atoms with Gasteiger partial charge in [-0.3, -0.25) is 10.1 Å². The Bertz CT molecular complexity index is 1510. The number of carbonyl (C=O) groups is 1. The minimum absolute atomic E-state index is 0.154. The molecule has 2 N–H and O–H groups in total. The third-order valence-electron chi connectivity index (χ3n) is 4.79. The molecule has 0 spiro atoms. The van der Waals surface area contributed by atoms with Crippen molar-refractivity contribution in [3.8, 4) is 11.3 Å². The quantitative estimate of drug-likeness (QED) is 0.243. The van der Waals surface area contributed by atoms with E-state index >= 15 is 0 Å². The molecular weight excluding hydrogens is 501 g/mol. The molecule has 32 heavy (non-hydrogen) atoms. The predicted octanol–water partition coefficient (Wildman–Crippen LogP) is 7.61. The number of amides is 1. The highest BCUT2D eigenvalue weighted by atomic mass is 35.5. The van der Waals surface area contributed by atoms with Crippen molar-refractivity contribution >= 4 is 95.1 Å². The molecule has 1 amide bonds. The van der Waals surface area contributed by atoms with Gasteiger partial charge in [-0.2, -0.15) is 0 Å². The first-order chi connectivity index (χ1) is 15.5. The number of hydrogen-bond donors (Lipinski definition) is 2. The molecule has 158 valence electrons. The number of thiocarbonyl (C=S) groups is 1. The van der Waals surface area contributed by atoms with Crippen LogP contribution < -0.4 is 10.6 Å². The number of thiazole rings is 1. The lowest BCUT2D eigenvalue weighted by molar-refractivity contribution is 0.0982. The molecule has 5 aromatic rings. The molecule has 4 nitrogen and oxygen atoms in total. The molecule has 0 saturated heterocycles. The van der Waals surface area contributed by atoms with E-state index in [1.54, 1.807) is 18.2 Å². The molecule has 0 aliphatic rings. The summed E-state index contributed by atoms with van der Waals surface area (Å²) < 4.78 is 0.839. The topological polar surface area (TPSA) is 54.0 Å². The summed E-state index contributed by atoms with van der Waals surface area (Å²) >= 11 is 20.4. The van der Waals surface area contributed by atoms with Crippen LogP contribution >= 0.6 is 58.1 Å². The number of halogens is 2. The summed E-state index contributed by atoms with van der Waals surface area (Å²) in [4.78, 5) is 17.7. The van der Waals surface area contributed by atoms with E-state index in [-0.39, 0.29) is 11.0 Å². The fourth-order valence-electron chi connectivity index (χ4n) is 3.29. The lowest BCUT2D eigenvalue weighted by atomic mass is 10.1. The lowest BCUT2D eigenvalue weighted by Gasteiger charge is -2.06. The second-order valence-electron chi connectivity index (χ2n) is 6.89. The fraction of sp³-hybridized carbons (Fsp3) is 0. The van der Waals surface area contributed by atoms with Crippen molar-refractivity contribution in [2.45, 2.75) is 0 Å². The maximum absolute atomic E-state index is 12.7. The van der Waals surface area contributed by atoms with Gasteiger partial charge in [-0.25, -0.2) is 4.98 Å². The van der Waals surface area contributed by atoms with Gasteiger partial charge >= 0.3 is 0 Å². The van der Waals surface area contributed by atoms with Crippen LogP contribution in [0.1, 0.15) is 9.67 Å². The second-order valence-corrected chi connectivity index (χ2v) is 10.0. The van der Waals surface area contributed by atoms with Crippen LogP contribution in [-0.2, 0) is 0 Å². The summed E-state index contributed by atoms with van der Waals surface area (Å²) in [7, 11) is 0. The van der Waals surface area contributed by atoms with Gasteiger partial charge in [-0.1, -0.05) is 65.7 Å². The van der Waals surface area contributed by atoms with E-state index in [0.29, 0.717) is 20.1 Å². The minimum Gasteiger partial charge on any atom is -0.308 e. The molecule has 0 aliphatic heterocycles. The standard InChI is InChI=1S/C23H13Cl2N3OS3/c24-15-7-8-16-18(10-15)32-20(19(16)25)21(29)27-22(30)28-23-26-17(11-31-23)14-6-5-12-3-1-2-4-13(12)9-14/h1-11H,(H2,26,27,28,29,30). The number of fused-ring (bicyclic) bond motifs is 2. The van der Waals surface area contributed by atoms with Gasteiger partial charge in [-0.15, -0.1) is 22.7 Å². The van der Waals surface area contributed by atoms with Crippen LogP contribution in [0.15, 0.2) is 66.0 Å². The Balaban J connectivity index is 1.30. The van der Waals surface area contributed by atoms with Gasteiger partial charge in [0.1, 0.15) is 4.88 Å². The third kappa shape index (κ3) is 4.22. The minimum atomic E-state index is -0.379. The van der Waals surface area contributed by atoms with E-state index in [4.69, 9.17) is 35.4 Å². The van der Waals surface area contributed by atoms with Crippen molar-refractivity contribution in [2.75, 3.05) is 5.32 Å². The molecule has 0 saturated carbocycles. The first kappa shape index (κ1) is 21.3. The van der Waals surface area contributed by atoms with Crippen LogP contribution in [0, 0.1) is 0 Å². The first-order valence-electron chi connectivity index (χ1n) is 9.42. The Kier molecular flexibility index (Phi) is 5.84. The second kappa shape index (κ2) is 8.77. The van der Waals surface area contributed by atoms with Crippen LogP contribution in [0.5, 0.6) is 0 Å². The number of benzene rings is 3. The summed E-state index contributed by atoms with van der Waals surface area (Å²) in [6.07, 6.45) is 0. The van der Waals surface area contributed by atoms with E-state index in [2.05, 4.69) is 39.9 Å². The molecule has 0 atom stereocenters. The SMILES string of the molecule is O=C(NC(=S)Nc1nc(-c2ccc3ccccc3c2)cs1)c1sc2cc(Cl)ccc2c1Cl. The summed E-state index contributed by atoms with van der Waals surface area (Å²) in [5, 5.41) is 12.4. The Labute approximate surface area is 206 Å². The van der Waals surface area contributed by atoms with Crippen molar-refractivity contribution in [1.82, 2.24) is 10.3 Å². The number of nitrogens with zero attached hydrogens (tertiary/aromatic N) is 1. The average molecular weight is 514 g/mol. The van der Waals surface area contributed by atoms with Gasteiger partial charge < -0.3 is 5.32 Å². The first-order valence-corrected chi connectivity index (χ1v) is 12.3. The van der Waals surface area contributed by atoms with Gasteiger partial charge in [0, 0.05) is 26.1 Å². The summed E-state index contributed by atoms with van der Waals surface area (Å²) in [6.45, 7) is 0. The molecule has 9 heteroatoms. The molecule has 2 heterocycles. The summed E-state index contributed by atoms with van der Waals surface area (Å²) in [6, 6.07) is 19.7. The number of nitrogens with one attached hydrogen (secondary N) is 2. The van der Waals surface area contributed by atoms with E-state index in [1.165, 1.54) is 28.1 Å². The van der Waals surface area contributed by atoms with E-state index in [9.17, 15) is 4.79 Å². The van der Waals surface area contributed by atoms with Gasteiger partial charge in [-0.05, 0) is 41.2 Å². The van der Waals surface area contributed by atoms with Gasteiger partial charge in [0.15, 0.2) is 10.2 Å². The van der Waals surface area contributed by atoms with Crippen LogP contribution in [0.2, 0.25) is 10.0 Å². The fourth-order valence-corrected chi connectivity index (χ4v) is 5.95. The zero-order chi connectivity index (χ0) is 22.2. The molecular formula is C23H13Cl2N3OS3. The smallest absolute Gasteiger partial charge is 0.269 e. The number of aromatic nitrogens is 1. The van der Waals surface area contributed by atoms with Gasteiger partial charge in [0.05, 0.1) is 10.7 Å². The summed E-state index contributed by atoms with van der Waals surface area (Å²) in [5.74, 6) is -0.379. The van der Waals surface area contributed by atoms with E-state index < -0.39 is 0 Å². The average Bonchev–Trinajstić information content (AvgIpc) is 3.37. The zero-order valence-electron chi connectivity index (χ0n) is 16.2. The molecule has 3 aromatic carbocycles. The van der Waals surface area contributed by atoms with Crippen molar-refractivity contribution in [3.63, 3.8) is 0 Å². The highest BCUT2D eigenvalue weighted by molar-refractivity contribution is 7.80. The molecule has 0 bridgehead atoms. The molecule has 0 unspecified atom stereocenters. The zero-order valence-corrected chi connectivity index (χ0v) is 20.1. The summed E-state index contributed by atoms with van der Waals surface area (Å²) in [5.41, 5.74) is 1.85. The number of rotatable bonds is 3. The monoisotopic (exact) mass is 513 g/mol. The number of anilines is 1. The largest absolute Gasteiger partial charge is 0.308 e. The van der Waals surface area contributed by atoms with Gasteiger partial charge in [0.2, 0.25) is 0 Å². The Morgan fingerprint density at radius 2 is 1.81 bits per heavy atom. The third-order valence-corrected chi connectivity index (χ3v) is 7.65. The van der Waals surface area contributed by atoms with Gasteiger partial charge in [0.25, 0.3) is 5.91 Å². The Morgan fingerprint density at radius 1 is 1.00 bits per heavy atom. The molecule has 0 radical (unpaired) electrons. The number of thiophene rings is 1. The lowest BCUT2D eigenvalue weighted by Crippen LogP contribution is -2.33. The van der Waals surface area contributed by atoms with E-state index in [0.717, 1.165) is 26.7 Å². The highest BCUT2D eigenvalue weighted by Gasteiger charge is 2.18. The molecule has 0 aliphatic carbocycles. The molecule has 0 fully saturated rings. The highest BCUT2D eigenvalue weighted by Crippen LogP contribution is 2.36. The Hall–Kier alpha value is -2.55. The van der Waals surface area contributed by atoms with Crippen LogP contribution in [0.3, 0.4) is 0 Å². The maximum atomic E-state index is 12.7. The van der Waals surface area contributed by atoms with E-state index in [1.807, 2.05) is 23.6 Å².